The van der Waals surface area contributed by atoms with Gasteiger partial charge in [0.05, 0.1) is 5.02 Å². The molecule has 0 saturated carbocycles. The number of hydrogen-bond donors (Lipinski definition) is 3. The van der Waals surface area contributed by atoms with Crippen molar-refractivity contribution >= 4 is 56.8 Å². The first-order valence-corrected chi connectivity index (χ1v) is 11.8. The minimum atomic E-state index is -4.14. The molecule has 3 aromatic carbocycles. The van der Waals surface area contributed by atoms with E-state index in [2.05, 4.69) is 15.6 Å². The molecule has 0 aliphatic carbocycles. The number of hydrogen-bond acceptors (Lipinski definition) is 5. The first kappa shape index (κ1) is 24.8. The average Bonchev–Trinajstić information content (AvgIpc) is 2.83. The number of carbonyl (C=O) groups is 2. The van der Waals surface area contributed by atoms with Gasteiger partial charge in [0.2, 0.25) is 0 Å². The maximum absolute atomic E-state index is 12.8. The molecular formula is C23H16Cl2N4O4S. The van der Waals surface area contributed by atoms with E-state index >= 15 is 0 Å². The number of anilines is 1. The summed E-state index contributed by atoms with van der Waals surface area (Å²) in [6, 6.07) is 20.0. The molecule has 0 saturated heterocycles. The summed E-state index contributed by atoms with van der Waals surface area (Å²) >= 11 is 11.9. The average molecular weight is 515 g/mol. The number of amides is 2. The van der Waals surface area contributed by atoms with E-state index in [4.69, 9.17) is 23.2 Å². The topological polar surface area (TPSA) is 128 Å². The first-order chi connectivity index (χ1) is 16.2. The van der Waals surface area contributed by atoms with Crippen LogP contribution in [-0.2, 0) is 14.8 Å². The van der Waals surface area contributed by atoms with Gasteiger partial charge < -0.3 is 0 Å². The van der Waals surface area contributed by atoms with Crippen LogP contribution in [0, 0.1) is 11.3 Å². The molecule has 0 heterocycles. The van der Waals surface area contributed by atoms with Crippen molar-refractivity contribution in [2.24, 2.45) is 0 Å². The van der Waals surface area contributed by atoms with E-state index in [1.807, 2.05) is 0 Å². The summed E-state index contributed by atoms with van der Waals surface area (Å²) in [5.74, 6) is -1.66. The summed E-state index contributed by atoms with van der Waals surface area (Å²) in [6.45, 7) is 0. The van der Waals surface area contributed by atoms with Crippen LogP contribution in [0.2, 0.25) is 10.0 Å². The molecule has 0 bridgehead atoms. The van der Waals surface area contributed by atoms with Crippen molar-refractivity contribution in [3.05, 3.63) is 99.5 Å². The number of nitrogens with zero attached hydrogens (tertiary/aromatic N) is 1. The molecule has 0 spiro atoms. The van der Waals surface area contributed by atoms with Crippen LogP contribution in [0.4, 0.5) is 5.69 Å². The fourth-order valence-electron chi connectivity index (χ4n) is 2.70. The Hall–Kier alpha value is -3.84. The van der Waals surface area contributed by atoms with E-state index in [1.165, 1.54) is 42.5 Å². The molecule has 0 aliphatic rings. The summed E-state index contributed by atoms with van der Waals surface area (Å²) in [7, 11) is -4.14. The lowest BCUT2D eigenvalue weighted by molar-refractivity contribution is -0.117. The molecule has 0 fully saturated rings. The van der Waals surface area contributed by atoms with Crippen molar-refractivity contribution in [1.82, 2.24) is 10.9 Å². The number of nitrogens with one attached hydrogen (secondary N) is 3. The van der Waals surface area contributed by atoms with E-state index < -0.39 is 21.8 Å². The minimum absolute atomic E-state index is 0.0910. The summed E-state index contributed by atoms with van der Waals surface area (Å²) < 4.78 is 27.9. The Bertz CT molecular complexity index is 1400. The standard InChI is InChI=1S/C23H16Cl2N4O4S/c24-18-7-9-19(10-8-18)29-34(32,33)21-13-16(6-11-20(21)25)22(30)27-28-23(31)17(14-26)12-15-4-2-1-3-5-15/h1-13,29H,(H,27,30)(H,28,31). The second kappa shape index (κ2) is 10.9. The van der Waals surface area contributed by atoms with Crippen LogP contribution < -0.4 is 15.6 Å². The van der Waals surface area contributed by atoms with Crippen LogP contribution in [0.3, 0.4) is 0 Å². The number of carbonyl (C=O) groups excluding carboxylic acids is 2. The van der Waals surface area contributed by atoms with Crippen LogP contribution in [0.25, 0.3) is 6.08 Å². The van der Waals surface area contributed by atoms with Crippen LogP contribution in [0.15, 0.2) is 83.3 Å². The van der Waals surface area contributed by atoms with Gasteiger partial charge in [0, 0.05) is 16.3 Å². The molecule has 0 aromatic heterocycles. The van der Waals surface area contributed by atoms with Gasteiger partial charge >= 0.3 is 0 Å². The summed E-state index contributed by atoms with van der Waals surface area (Å²) in [5, 5.41) is 9.56. The number of sulfonamides is 1. The highest BCUT2D eigenvalue weighted by Crippen LogP contribution is 2.25. The van der Waals surface area contributed by atoms with Crippen LogP contribution >= 0.6 is 23.2 Å². The van der Waals surface area contributed by atoms with E-state index in [0.717, 1.165) is 6.07 Å². The number of hydrazine groups is 1. The third-order valence-corrected chi connectivity index (χ3v) is 6.46. The molecule has 0 atom stereocenters. The minimum Gasteiger partial charge on any atom is -0.280 e. The number of rotatable bonds is 6. The Morgan fingerprint density at radius 3 is 2.24 bits per heavy atom. The fraction of sp³-hybridized carbons (Fsp3) is 0. The van der Waals surface area contributed by atoms with Gasteiger partial charge in [0.15, 0.2) is 0 Å². The largest absolute Gasteiger partial charge is 0.280 e. The molecule has 3 N–H and O–H groups in total. The third kappa shape index (κ3) is 6.36. The van der Waals surface area contributed by atoms with Gasteiger partial charge in [0.1, 0.15) is 16.5 Å². The summed E-state index contributed by atoms with van der Waals surface area (Å²) in [4.78, 5) is 24.4. The second-order valence-corrected chi connectivity index (χ2v) is 9.24. The lowest BCUT2D eigenvalue weighted by atomic mass is 10.1. The highest BCUT2D eigenvalue weighted by Gasteiger charge is 2.21. The summed E-state index contributed by atoms with van der Waals surface area (Å²) in [5.41, 5.74) is 4.82. The van der Waals surface area contributed by atoms with Crippen molar-refractivity contribution in [2.75, 3.05) is 4.72 Å². The highest BCUT2D eigenvalue weighted by atomic mass is 35.5. The van der Waals surface area contributed by atoms with Crippen molar-refractivity contribution < 1.29 is 18.0 Å². The Morgan fingerprint density at radius 1 is 0.912 bits per heavy atom. The van der Waals surface area contributed by atoms with E-state index in [1.54, 1.807) is 36.4 Å². The molecule has 0 radical (unpaired) electrons. The maximum Gasteiger partial charge on any atom is 0.280 e. The Morgan fingerprint density at radius 2 is 1.59 bits per heavy atom. The Kier molecular flexibility index (Phi) is 7.91. The fourth-order valence-corrected chi connectivity index (χ4v) is 4.41. The molecule has 2 amide bonds. The lowest BCUT2D eigenvalue weighted by Crippen LogP contribution is -2.42. The zero-order chi connectivity index (χ0) is 24.7. The van der Waals surface area contributed by atoms with Gasteiger partial charge in [-0.3, -0.25) is 25.2 Å². The van der Waals surface area contributed by atoms with Crippen LogP contribution in [-0.4, -0.2) is 20.2 Å². The lowest BCUT2D eigenvalue weighted by Gasteiger charge is -2.12. The second-order valence-electron chi connectivity index (χ2n) is 6.75. The van der Waals surface area contributed by atoms with E-state index in [0.29, 0.717) is 10.6 Å². The van der Waals surface area contributed by atoms with Gasteiger partial charge in [-0.15, -0.1) is 0 Å². The molecule has 0 aliphatic heterocycles. The van der Waals surface area contributed by atoms with Crippen molar-refractivity contribution in [1.29, 1.82) is 5.26 Å². The summed E-state index contributed by atoms with van der Waals surface area (Å²) in [6.07, 6.45) is 1.36. The first-order valence-electron chi connectivity index (χ1n) is 9.55. The monoisotopic (exact) mass is 514 g/mol. The Labute approximate surface area is 205 Å². The van der Waals surface area contributed by atoms with Gasteiger partial charge in [-0.1, -0.05) is 53.5 Å². The molecule has 8 nitrogen and oxygen atoms in total. The molecule has 11 heteroatoms. The van der Waals surface area contributed by atoms with Crippen LogP contribution in [0.5, 0.6) is 0 Å². The highest BCUT2D eigenvalue weighted by molar-refractivity contribution is 7.92. The molecule has 3 rings (SSSR count). The van der Waals surface area contributed by atoms with Gasteiger partial charge in [-0.05, 0) is 54.1 Å². The maximum atomic E-state index is 12.8. The molecule has 0 unspecified atom stereocenters. The normalized spacial score (nSPS) is 11.3. The number of nitriles is 1. The van der Waals surface area contributed by atoms with Crippen molar-refractivity contribution in [3.63, 3.8) is 0 Å². The zero-order valence-corrected chi connectivity index (χ0v) is 19.6. The number of halogens is 2. The number of benzene rings is 3. The smallest absolute Gasteiger partial charge is 0.280 e. The molecular weight excluding hydrogens is 499 g/mol. The zero-order valence-electron chi connectivity index (χ0n) is 17.2. The van der Waals surface area contributed by atoms with Crippen LogP contribution in [0.1, 0.15) is 15.9 Å². The molecule has 172 valence electrons. The predicted molar refractivity (Wildman–Crippen MR) is 129 cm³/mol. The SMILES string of the molecule is N#CC(=Cc1ccccc1)C(=O)NNC(=O)c1ccc(Cl)c(S(=O)(=O)Nc2ccc(Cl)cc2)c1. The third-order valence-electron chi connectivity index (χ3n) is 4.34. The van der Waals surface area contributed by atoms with E-state index in [-0.39, 0.29) is 26.7 Å². The van der Waals surface area contributed by atoms with Crippen molar-refractivity contribution in [2.45, 2.75) is 4.90 Å². The van der Waals surface area contributed by atoms with Gasteiger partial charge in [-0.2, -0.15) is 5.26 Å². The molecule has 34 heavy (non-hydrogen) atoms. The molecule has 3 aromatic rings. The Balaban J connectivity index is 1.74. The van der Waals surface area contributed by atoms with Gasteiger partial charge in [-0.25, -0.2) is 8.42 Å². The van der Waals surface area contributed by atoms with Gasteiger partial charge in [0.25, 0.3) is 21.8 Å². The van der Waals surface area contributed by atoms with E-state index in [9.17, 15) is 23.3 Å². The van der Waals surface area contributed by atoms with Crippen molar-refractivity contribution in [3.8, 4) is 6.07 Å². The quantitative estimate of drug-likeness (QED) is 0.258. The predicted octanol–water partition coefficient (Wildman–Crippen LogP) is 4.16.